The molecule has 0 aliphatic carbocycles. The molecule has 1 aromatic carbocycles. The molecule has 0 bridgehead atoms. The second-order valence-electron chi connectivity index (χ2n) is 8.05. The SMILES string of the molecule is CCc1ccc2c(c1)NC(=S)Cc1cnc(Nc3cc(CCCNC)cnc3CC)nc1-2. The van der Waals surface area contributed by atoms with Crippen LogP contribution in [0.2, 0.25) is 0 Å². The van der Waals surface area contributed by atoms with Gasteiger partial charge in [0.05, 0.1) is 22.1 Å². The Labute approximate surface area is 195 Å². The van der Waals surface area contributed by atoms with Gasteiger partial charge >= 0.3 is 0 Å². The summed E-state index contributed by atoms with van der Waals surface area (Å²) in [5.74, 6) is 0.575. The number of pyridine rings is 1. The third kappa shape index (κ3) is 4.95. The molecule has 0 unspecified atom stereocenters. The molecule has 0 radical (unpaired) electrons. The Hall–Kier alpha value is -2.90. The maximum Gasteiger partial charge on any atom is 0.227 e. The first-order valence-corrected chi connectivity index (χ1v) is 11.7. The summed E-state index contributed by atoms with van der Waals surface area (Å²) in [6, 6.07) is 8.63. The summed E-state index contributed by atoms with van der Waals surface area (Å²) in [6.07, 6.45) is 8.36. The molecular formula is C25H30N6S. The Balaban J connectivity index is 1.68. The van der Waals surface area contributed by atoms with Gasteiger partial charge in [0, 0.05) is 35.6 Å². The van der Waals surface area contributed by atoms with Crippen LogP contribution in [-0.2, 0) is 25.7 Å². The Kier molecular flexibility index (Phi) is 7.07. The van der Waals surface area contributed by atoms with Crippen LogP contribution in [0.15, 0.2) is 36.7 Å². The highest BCUT2D eigenvalue weighted by atomic mass is 32.1. The highest BCUT2D eigenvalue weighted by Crippen LogP contribution is 2.34. The van der Waals surface area contributed by atoms with Crippen molar-refractivity contribution in [2.75, 3.05) is 24.2 Å². The Morgan fingerprint density at radius 2 is 1.94 bits per heavy atom. The molecule has 3 heterocycles. The molecular weight excluding hydrogens is 416 g/mol. The van der Waals surface area contributed by atoms with Crippen molar-refractivity contribution in [3.8, 4) is 11.3 Å². The summed E-state index contributed by atoms with van der Waals surface area (Å²) in [4.78, 5) is 15.0. The Bertz CT molecular complexity index is 1130. The number of aromatic nitrogens is 3. The van der Waals surface area contributed by atoms with Gasteiger partial charge in [-0.25, -0.2) is 9.97 Å². The van der Waals surface area contributed by atoms with E-state index in [0.29, 0.717) is 12.4 Å². The number of anilines is 3. The molecule has 7 heteroatoms. The van der Waals surface area contributed by atoms with Crippen molar-refractivity contribution in [1.82, 2.24) is 20.3 Å². The molecule has 3 N–H and O–H groups in total. The van der Waals surface area contributed by atoms with Gasteiger partial charge in [-0.1, -0.05) is 38.2 Å². The van der Waals surface area contributed by atoms with E-state index in [1.807, 2.05) is 19.4 Å². The summed E-state index contributed by atoms with van der Waals surface area (Å²) in [5.41, 5.74) is 8.48. The van der Waals surface area contributed by atoms with Gasteiger partial charge in [-0.05, 0) is 62.5 Å². The quantitative estimate of drug-likeness (QED) is 0.337. The highest BCUT2D eigenvalue weighted by Gasteiger charge is 2.20. The van der Waals surface area contributed by atoms with Crippen LogP contribution >= 0.6 is 12.2 Å². The van der Waals surface area contributed by atoms with Gasteiger partial charge in [0.1, 0.15) is 0 Å². The zero-order chi connectivity index (χ0) is 22.5. The van der Waals surface area contributed by atoms with Crippen LogP contribution in [-0.4, -0.2) is 33.5 Å². The molecule has 1 aliphatic heterocycles. The monoisotopic (exact) mass is 446 g/mol. The molecule has 2 aromatic heterocycles. The first-order valence-electron chi connectivity index (χ1n) is 11.3. The number of benzene rings is 1. The minimum absolute atomic E-state index is 0.575. The smallest absolute Gasteiger partial charge is 0.227 e. The summed E-state index contributed by atoms with van der Waals surface area (Å²) in [5, 5.41) is 10.0. The normalized spacial score (nSPS) is 12.5. The molecule has 32 heavy (non-hydrogen) atoms. The number of hydrogen-bond acceptors (Lipinski definition) is 6. The predicted molar refractivity (Wildman–Crippen MR) is 136 cm³/mol. The third-order valence-corrected chi connectivity index (χ3v) is 5.98. The fourth-order valence-electron chi connectivity index (χ4n) is 3.97. The average molecular weight is 447 g/mol. The number of fused-ring (bicyclic) bond motifs is 3. The molecule has 166 valence electrons. The van der Waals surface area contributed by atoms with Crippen molar-refractivity contribution in [3.05, 3.63) is 59.0 Å². The molecule has 0 atom stereocenters. The summed E-state index contributed by atoms with van der Waals surface area (Å²) >= 11 is 5.56. The number of thiocarbonyl (C=S) groups is 1. The van der Waals surface area contributed by atoms with Crippen LogP contribution in [0.5, 0.6) is 0 Å². The van der Waals surface area contributed by atoms with E-state index in [1.165, 1.54) is 11.1 Å². The lowest BCUT2D eigenvalue weighted by molar-refractivity contribution is 0.723. The molecule has 3 aromatic rings. The van der Waals surface area contributed by atoms with Gasteiger partial charge in [0.25, 0.3) is 0 Å². The van der Waals surface area contributed by atoms with Gasteiger partial charge in [0.15, 0.2) is 0 Å². The first-order chi connectivity index (χ1) is 15.6. The second kappa shape index (κ2) is 10.1. The van der Waals surface area contributed by atoms with Crippen LogP contribution < -0.4 is 16.0 Å². The van der Waals surface area contributed by atoms with E-state index in [1.54, 1.807) is 0 Å². The summed E-state index contributed by atoms with van der Waals surface area (Å²) in [7, 11) is 1.98. The zero-order valence-corrected chi connectivity index (χ0v) is 19.8. The lowest BCUT2D eigenvalue weighted by Gasteiger charge is -2.14. The molecule has 0 spiro atoms. The van der Waals surface area contributed by atoms with Crippen molar-refractivity contribution >= 4 is 34.5 Å². The number of nitrogens with one attached hydrogen (secondary N) is 3. The van der Waals surface area contributed by atoms with E-state index >= 15 is 0 Å². The maximum atomic E-state index is 5.56. The minimum Gasteiger partial charge on any atom is -0.349 e. The molecule has 0 saturated carbocycles. The van der Waals surface area contributed by atoms with E-state index in [9.17, 15) is 0 Å². The standard InChI is InChI=1S/C25H30N6S/c1-4-16-8-9-19-21(11-16)29-23(32)13-18-15-28-25(31-24(18)19)30-22-12-17(7-6-10-26-3)14-27-20(22)5-2/h8-9,11-12,14-15,26H,4-7,10,13H2,1-3H3,(H,29,32)(H,28,30,31). The van der Waals surface area contributed by atoms with Crippen LogP contribution in [0.3, 0.4) is 0 Å². The minimum atomic E-state index is 0.575. The number of hydrogen-bond donors (Lipinski definition) is 3. The first kappa shape index (κ1) is 22.3. The summed E-state index contributed by atoms with van der Waals surface area (Å²) < 4.78 is 0. The van der Waals surface area contributed by atoms with Crippen LogP contribution in [0.25, 0.3) is 11.3 Å². The summed E-state index contributed by atoms with van der Waals surface area (Å²) in [6.45, 7) is 5.25. The number of aryl methyl sites for hydroxylation is 3. The van der Waals surface area contributed by atoms with Crippen LogP contribution in [0, 0.1) is 0 Å². The van der Waals surface area contributed by atoms with Crippen molar-refractivity contribution < 1.29 is 0 Å². The van der Waals surface area contributed by atoms with Crippen molar-refractivity contribution in [2.24, 2.45) is 0 Å². The number of rotatable bonds is 8. The maximum absolute atomic E-state index is 5.56. The Morgan fingerprint density at radius 3 is 2.72 bits per heavy atom. The van der Waals surface area contributed by atoms with Gasteiger partial charge in [-0.15, -0.1) is 0 Å². The Morgan fingerprint density at radius 1 is 1.06 bits per heavy atom. The fourth-order valence-corrected chi connectivity index (χ4v) is 4.24. The molecule has 0 fully saturated rings. The average Bonchev–Trinajstić information content (AvgIpc) is 2.94. The van der Waals surface area contributed by atoms with Crippen molar-refractivity contribution in [2.45, 2.75) is 46.0 Å². The second-order valence-corrected chi connectivity index (χ2v) is 8.54. The van der Waals surface area contributed by atoms with E-state index in [-0.39, 0.29) is 0 Å². The molecule has 0 saturated heterocycles. The molecule has 0 amide bonds. The lowest BCUT2D eigenvalue weighted by atomic mass is 10.0. The van der Waals surface area contributed by atoms with Crippen LogP contribution in [0.1, 0.15) is 42.7 Å². The van der Waals surface area contributed by atoms with E-state index in [4.69, 9.17) is 17.2 Å². The zero-order valence-electron chi connectivity index (χ0n) is 19.0. The molecule has 6 nitrogen and oxygen atoms in total. The van der Waals surface area contributed by atoms with Crippen LogP contribution in [0.4, 0.5) is 17.3 Å². The topological polar surface area (TPSA) is 74.8 Å². The predicted octanol–water partition coefficient (Wildman–Crippen LogP) is 4.85. The third-order valence-electron chi connectivity index (χ3n) is 5.74. The van der Waals surface area contributed by atoms with Gasteiger partial charge < -0.3 is 16.0 Å². The largest absolute Gasteiger partial charge is 0.349 e. The lowest BCUT2D eigenvalue weighted by Crippen LogP contribution is -2.10. The van der Waals surface area contributed by atoms with Gasteiger partial charge in [-0.2, -0.15) is 0 Å². The number of nitrogens with zero attached hydrogens (tertiary/aromatic N) is 3. The van der Waals surface area contributed by atoms with E-state index in [0.717, 1.165) is 71.1 Å². The van der Waals surface area contributed by atoms with E-state index < -0.39 is 0 Å². The van der Waals surface area contributed by atoms with E-state index in [2.05, 4.69) is 64.0 Å². The highest BCUT2D eigenvalue weighted by molar-refractivity contribution is 7.80. The van der Waals surface area contributed by atoms with Gasteiger partial charge in [-0.3, -0.25) is 4.98 Å². The van der Waals surface area contributed by atoms with Crippen molar-refractivity contribution in [3.63, 3.8) is 0 Å². The van der Waals surface area contributed by atoms with Crippen molar-refractivity contribution in [1.29, 1.82) is 0 Å². The fraction of sp³-hybridized carbons (Fsp3) is 0.360. The van der Waals surface area contributed by atoms with Gasteiger partial charge in [0.2, 0.25) is 5.95 Å². The molecule has 1 aliphatic rings. The molecule has 4 rings (SSSR count).